The summed E-state index contributed by atoms with van der Waals surface area (Å²) in [7, 11) is 0.500. The third-order valence-corrected chi connectivity index (χ3v) is 9.38. The molecule has 2 N–H and O–H groups in total. The number of sulfonamides is 1. The molecule has 3 aliphatic rings. The monoisotopic (exact) mass is 462 g/mol. The van der Waals surface area contributed by atoms with Crippen molar-refractivity contribution in [2.45, 2.75) is 76.0 Å². The molecule has 1 aliphatic heterocycles. The fourth-order valence-corrected chi connectivity index (χ4v) is 6.44. The van der Waals surface area contributed by atoms with E-state index in [2.05, 4.69) is 40.0 Å². The smallest absolute Gasteiger partial charge is 0.307 e. The first-order valence-corrected chi connectivity index (χ1v) is 13.7. The van der Waals surface area contributed by atoms with Gasteiger partial charge in [0.15, 0.2) is 0 Å². The molecule has 1 aromatic carbocycles. The van der Waals surface area contributed by atoms with Gasteiger partial charge in [-0.2, -0.15) is 0 Å². The molecule has 0 bridgehead atoms. The summed E-state index contributed by atoms with van der Waals surface area (Å²) in [5.41, 5.74) is 5.90. The average molecular weight is 463 g/mol. The number of likely N-dealkylation sites (tertiary alicyclic amines) is 1. The molecule has 4 rings (SSSR count). The van der Waals surface area contributed by atoms with Crippen LogP contribution in [0.1, 0.15) is 61.3 Å². The third-order valence-electron chi connectivity index (χ3n) is 7.62. The molecule has 1 unspecified atom stereocenters. The lowest BCUT2D eigenvalue weighted by Gasteiger charge is -2.35. The van der Waals surface area contributed by atoms with Gasteiger partial charge < -0.3 is 15.1 Å². The van der Waals surface area contributed by atoms with Gasteiger partial charge in [-0.15, -0.1) is 0 Å². The first-order chi connectivity index (χ1) is 15.2. The van der Waals surface area contributed by atoms with Crippen LogP contribution in [0.4, 0.5) is 10.5 Å². The summed E-state index contributed by atoms with van der Waals surface area (Å²) in [4.78, 5) is 17.3. The number of hydrogen-bond donors (Lipinski definition) is 2. The summed E-state index contributed by atoms with van der Waals surface area (Å²) in [5, 5.41) is 2.31. The molecular formula is C24H38N4O3S. The number of anilines is 1. The minimum Gasteiger partial charge on any atom is -0.307 e. The van der Waals surface area contributed by atoms with E-state index >= 15 is 0 Å². The second-order valence-electron chi connectivity index (χ2n) is 9.97. The van der Waals surface area contributed by atoms with Crippen LogP contribution in [0.2, 0.25) is 0 Å². The van der Waals surface area contributed by atoms with Crippen LogP contribution < -0.4 is 10.0 Å². The fourth-order valence-electron chi connectivity index (χ4n) is 5.51. The van der Waals surface area contributed by atoms with Crippen LogP contribution in [-0.4, -0.2) is 69.3 Å². The Morgan fingerprint density at radius 3 is 2.25 bits per heavy atom. The summed E-state index contributed by atoms with van der Waals surface area (Å²) in [6.07, 6.45) is 8.91. The Morgan fingerprint density at radius 1 is 1.09 bits per heavy atom. The topological polar surface area (TPSA) is 81.8 Å². The zero-order chi connectivity index (χ0) is 22.9. The van der Waals surface area contributed by atoms with E-state index in [1.54, 1.807) is 6.92 Å². The molecule has 178 valence electrons. The van der Waals surface area contributed by atoms with Gasteiger partial charge in [0.25, 0.3) is 0 Å². The molecular weight excluding hydrogens is 424 g/mol. The minimum atomic E-state index is -3.73. The number of nitrogens with zero attached hydrogens (tertiary/aromatic N) is 2. The maximum Gasteiger partial charge on any atom is 0.332 e. The van der Waals surface area contributed by atoms with E-state index < -0.39 is 21.3 Å². The molecule has 32 heavy (non-hydrogen) atoms. The molecule has 1 atom stereocenters. The zero-order valence-electron chi connectivity index (χ0n) is 19.7. The van der Waals surface area contributed by atoms with Gasteiger partial charge in [0.1, 0.15) is 0 Å². The van der Waals surface area contributed by atoms with Crippen LogP contribution in [-0.2, 0) is 35.7 Å². The van der Waals surface area contributed by atoms with E-state index in [1.807, 2.05) is 0 Å². The highest BCUT2D eigenvalue weighted by Gasteiger charge is 2.28. The van der Waals surface area contributed by atoms with Crippen molar-refractivity contribution in [2.75, 3.05) is 39.0 Å². The van der Waals surface area contributed by atoms with Crippen LogP contribution in [0.5, 0.6) is 0 Å². The number of nitrogens with one attached hydrogen (secondary N) is 2. The van der Waals surface area contributed by atoms with Crippen LogP contribution in [0.15, 0.2) is 6.07 Å². The molecule has 0 aromatic heterocycles. The minimum absolute atomic E-state index is 0.519. The predicted octanol–water partition coefficient (Wildman–Crippen LogP) is 2.92. The van der Waals surface area contributed by atoms with Crippen LogP contribution in [0.3, 0.4) is 0 Å². The second kappa shape index (κ2) is 9.69. The molecule has 2 amide bonds. The summed E-state index contributed by atoms with van der Waals surface area (Å²) >= 11 is 0. The number of carbonyl (C=O) groups excluding carboxylic acids is 1. The summed E-state index contributed by atoms with van der Waals surface area (Å²) in [6.45, 7) is 4.42. The number of fused-ring (bicyclic) bond motifs is 2. The lowest BCUT2D eigenvalue weighted by Crippen LogP contribution is -2.44. The summed E-state index contributed by atoms with van der Waals surface area (Å²) in [6, 6.07) is 2.28. The normalized spacial score (nSPS) is 20.2. The molecule has 8 heteroatoms. The Hall–Kier alpha value is -1.64. The molecule has 1 fully saturated rings. The van der Waals surface area contributed by atoms with E-state index in [-0.39, 0.29) is 0 Å². The van der Waals surface area contributed by atoms with Gasteiger partial charge in [0, 0.05) is 11.7 Å². The Bertz CT molecular complexity index is 920. The van der Waals surface area contributed by atoms with E-state index in [4.69, 9.17) is 0 Å². The molecule has 7 nitrogen and oxygen atoms in total. The highest BCUT2D eigenvalue weighted by atomic mass is 32.2. The zero-order valence-corrected chi connectivity index (χ0v) is 20.6. The Balaban J connectivity index is 1.33. The van der Waals surface area contributed by atoms with Crippen molar-refractivity contribution in [2.24, 2.45) is 0 Å². The number of rotatable bonds is 7. The fraction of sp³-hybridized carbons (Fsp3) is 0.708. The Labute approximate surface area is 193 Å². The van der Waals surface area contributed by atoms with Crippen molar-refractivity contribution < 1.29 is 13.2 Å². The van der Waals surface area contributed by atoms with E-state index in [0.29, 0.717) is 12.5 Å². The van der Waals surface area contributed by atoms with E-state index in [1.165, 1.54) is 22.3 Å². The number of amides is 2. The Kier molecular flexibility index (Phi) is 7.12. The highest BCUT2D eigenvalue weighted by Crippen LogP contribution is 2.38. The molecule has 0 saturated carbocycles. The maximum atomic E-state index is 12.8. The standard InChI is InChI=1S/C24H38N4O3S/c1-17(10-13-28-14-11-20(12-15-28)27(2)3)32(30,31)26-24(29)25-23-21-8-4-6-18(21)16-19-7-5-9-22(19)23/h16-17,20H,4-15H2,1-3H3,(H2,25,26,29). The van der Waals surface area contributed by atoms with E-state index in [0.717, 1.165) is 76.7 Å². The molecule has 0 spiro atoms. The number of aryl methyl sites for hydroxylation is 2. The number of carbonyl (C=O) groups is 1. The number of hydrogen-bond acceptors (Lipinski definition) is 5. The molecule has 1 aromatic rings. The highest BCUT2D eigenvalue weighted by molar-refractivity contribution is 7.90. The quantitative estimate of drug-likeness (QED) is 0.651. The van der Waals surface area contributed by atoms with Crippen LogP contribution in [0.25, 0.3) is 0 Å². The van der Waals surface area contributed by atoms with Crippen LogP contribution >= 0.6 is 0 Å². The third kappa shape index (κ3) is 5.13. The van der Waals surface area contributed by atoms with Gasteiger partial charge >= 0.3 is 6.03 Å². The molecule has 0 radical (unpaired) electrons. The Morgan fingerprint density at radius 2 is 1.69 bits per heavy atom. The lowest BCUT2D eigenvalue weighted by molar-refractivity contribution is 0.144. The summed E-state index contributed by atoms with van der Waals surface area (Å²) in [5.74, 6) is 0. The van der Waals surface area contributed by atoms with Crippen molar-refractivity contribution in [3.05, 3.63) is 28.3 Å². The van der Waals surface area contributed by atoms with Gasteiger partial charge in [-0.1, -0.05) is 6.07 Å². The predicted molar refractivity (Wildman–Crippen MR) is 129 cm³/mol. The summed E-state index contributed by atoms with van der Waals surface area (Å²) < 4.78 is 27.9. The first-order valence-electron chi connectivity index (χ1n) is 12.1. The van der Waals surface area contributed by atoms with Crippen LogP contribution in [0, 0.1) is 0 Å². The SMILES string of the molecule is CC(CCN1CCC(N(C)C)CC1)S(=O)(=O)NC(=O)Nc1c2c(cc3c1CCC3)CCC2. The number of urea groups is 1. The number of piperidine rings is 1. The average Bonchev–Trinajstić information content (AvgIpc) is 3.41. The van der Waals surface area contributed by atoms with Gasteiger partial charge in [-0.3, -0.25) is 0 Å². The van der Waals surface area contributed by atoms with Gasteiger partial charge in [0.2, 0.25) is 10.0 Å². The first kappa shape index (κ1) is 23.5. The van der Waals surface area contributed by atoms with E-state index in [9.17, 15) is 13.2 Å². The van der Waals surface area contributed by atoms with Crippen molar-refractivity contribution >= 4 is 21.7 Å². The molecule has 2 aliphatic carbocycles. The van der Waals surface area contributed by atoms with Crippen molar-refractivity contribution in [1.82, 2.24) is 14.5 Å². The molecule has 1 heterocycles. The molecule has 1 saturated heterocycles. The largest absolute Gasteiger partial charge is 0.332 e. The maximum absolute atomic E-state index is 12.8. The second-order valence-corrected chi connectivity index (χ2v) is 12.1. The van der Waals surface area contributed by atoms with Crippen molar-refractivity contribution in [3.63, 3.8) is 0 Å². The number of benzene rings is 1. The van der Waals surface area contributed by atoms with Gasteiger partial charge in [-0.25, -0.2) is 17.9 Å². The lowest BCUT2D eigenvalue weighted by atomic mass is 9.99. The van der Waals surface area contributed by atoms with Gasteiger partial charge in [0.05, 0.1) is 5.25 Å². The van der Waals surface area contributed by atoms with Crippen molar-refractivity contribution in [1.29, 1.82) is 0 Å². The van der Waals surface area contributed by atoms with Crippen molar-refractivity contribution in [3.8, 4) is 0 Å². The van der Waals surface area contributed by atoms with Gasteiger partial charge in [-0.05, 0) is 121 Å².